The molecule has 0 atom stereocenters. The summed E-state index contributed by atoms with van der Waals surface area (Å²) in [6.45, 7) is 3.18. The number of benzene rings is 2. The monoisotopic (exact) mass is 398 g/mol. The van der Waals surface area contributed by atoms with Crippen LogP contribution in [0.5, 0.6) is 0 Å². The maximum absolute atomic E-state index is 12.8. The highest BCUT2D eigenvalue weighted by Crippen LogP contribution is 2.28. The number of hydrogen-bond acceptors (Lipinski definition) is 5. The van der Waals surface area contributed by atoms with Crippen LogP contribution in [-0.4, -0.2) is 34.2 Å². The fraction of sp³-hybridized carbons (Fsp3) is 0.188. The van der Waals surface area contributed by atoms with Gasteiger partial charge in [-0.05, 0) is 49.2 Å². The minimum Gasteiger partial charge on any atom is -0.478 e. The van der Waals surface area contributed by atoms with Crippen LogP contribution >= 0.6 is 0 Å². The fourth-order valence-corrected chi connectivity index (χ4v) is 4.29. The third-order valence-electron chi connectivity index (χ3n) is 3.62. The molecule has 0 aliphatic rings. The zero-order chi connectivity index (χ0) is 19.7. The lowest BCUT2D eigenvalue weighted by Crippen LogP contribution is -2.18. The molecule has 2 rings (SSSR count). The number of para-hydroxylation sites is 2. The van der Waals surface area contributed by atoms with Gasteiger partial charge in [0.15, 0.2) is 0 Å². The molecule has 0 radical (unpaired) electrons. The predicted molar refractivity (Wildman–Crippen MR) is 98.6 cm³/mol. The molecule has 0 aliphatic heterocycles. The van der Waals surface area contributed by atoms with Gasteiger partial charge in [-0.15, -0.1) is 0 Å². The maximum Gasteiger partial charge on any atom is 0.335 e. The van der Waals surface area contributed by atoms with E-state index in [-0.39, 0.29) is 21.8 Å². The Morgan fingerprint density at radius 3 is 2.00 bits per heavy atom. The molecule has 26 heavy (non-hydrogen) atoms. The van der Waals surface area contributed by atoms with Crippen LogP contribution in [0, 0.1) is 13.8 Å². The molecule has 0 fully saturated rings. The quantitative estimate of drug-likeness (QED) is 0.684. The van der Waals surface area contributed by atoms with Crippen LogP contribution in [-0.2, 0) is 20.0 Å². The van der Waals surface area contributed by atoms with Crippen molar-refractivity contribution in [2.24, 2.45) is 0 Å². The molecule has 2 aromatic carbocycles. The molecule has 0 unspecified atom stereocenters. The lowest BCUT2D eigenvalue weighted by molar-refractivity contribution is 0.0696. The third kappa shape index (κ3) is 4.52. The second-order valence-corrected chi connectivity index (χ2v) is 9.15. The van der Waals surface area contributed by atoms with Crippen molar-refractivity contribution in [1.29, 1.82) is 0 Å². The molecular formula is C16H18N2O6S2. The van der Waals surface area contributed by atoms with Crippen molar-refractivity contribution < 1.29 is 26.7 Å². The van der Waals surface area contributed by atoms with Gasteiger partial charge in [-0.2, -0.15) is 0 Å². The highest BCUT2D eigenvalue weighted by molar-refractivity contribution is 7.93. The van der Waals surface area contributed by atoms with Crippen molar-refractivity contribution >= 4 is 37.4 Å². The summed E-state index contributed by atoms with van der Waals surface area (Å²) in [7, 11) is -7.76. The lowest BCUT2D eigenvalue weighted by atomic mass is 10.1. The van der Waals surface area contributed by atoms with Crippen LogP contribution in [0.25, 0.3) is 0 Å². The first-order valence-corrected chi connectivity index (χ1v) is 10.7. The van der Waals surface area contributed by atoms with E-state index < -0.39 is 26.0 Å². The van der Waals surface area contributed by atoms with Gasteiger partial charge in [-0.1, -0.05) is 12.1 Å². The number of aryl methyl sites for hydroxylation is 1. The molecule has 0 saturated carbocycles. The van der Waals surface area contributed by atoms with Crippen LogP contribution in [0.4, 0.5) is 11.4 Å². The van der Waals surface area contributed by atoms with Gasteiger partial charge in [-0.25, -0.2) is 21.6 Å². The van der Waals surface area contributed by atoms with Crippen molar-refractivity contribution in [3.63, 3.8) is 0 Å². The van der Waals surface area contributed by atoms with E-state index in [1.54, 1.807) is 19.9 Å². The van der Waals surface area contributed by atoms with E-state index in [0.29, 0.717) is 11.1 Å². The highest BCUT2D eigenvalue weighted by Gasteiger charge is 2.22. The smallest absolute Gasteiger partial charge is 0.335 e. The molecular weight excluding hydrogens is 380 g/mol. The standard InChI is InChI=1S/C16H18N2O6S2/c1-10-8-12(16(19)20)9-15(11(10)2)26(23,24)18-14-7-5-4-6-13(14)17-25(3,21)22/h4-9,17-18H,1-3H3,(H,19,20). The van der Waals surface area contributed by atoms with Gasteiger partial charge >= 0.3 is 5.97 Å². The minimum absolute atomic E-state index is 0.0238. The molecule has 2 aromatic rings. The van der Waals surface area contributed by atoms with E-state index in [1.165, 1.54) is 24.3 Å². The van der Waals surface area contributed by atoms with E-state index in [9.17, 15) is 21.6 Å². The van der Waals surface area contributed by atoms with Gasteiger partial charge in [-0.3, -0.25) is 9.44 Å². The van der Waals surface area contributed by atoms with Crippen LogP contribution in [0.2, 0.25) is 0 Å². The van der Waals surface area contributed by atoms with Gasteiger partial charge in [0, 0.05) is 0 Å². The van der Waals surface area contributed by atoms with E-state index >= 15 is 0 Å². The van der Waals surface area contributed by atoms with E-state index in [0.717, 1.165) is 12.3 Å². The lowest BCUT2D eigenvalue weighted by Gasteiger charge is -2.16. The van der Waals surface area contributed by atoms with Gasteiger partial charge in [0.25, 0.3) is 10.0 Å². The Kier molecular flexibility index (Phi) is 5.28. The second kappa shape index (κ2) is 6.96. The summed E-state index contributed by atoms with van der Waals surface area (Å²) in [6, 6.07) is 8.34. The molecule has 0 aromatic heterocycles. The Morgan fingerprint density at radius 1 is 0.962 bits per heavy atom. The molecule has 0 saturated heterocycles. The fourth-order valence-electron chi connectivity index (χ4n) is 2.29. The molecule has 140 valence electrons. The summed E-state index contributed by atoms with van der Waals surface area (Å²) in [5.74, 6) is -1.25. The predicted octanol–water partition coefficient (Wildman–Crippen LogP) is 2.17. The van der Waals surface area contributed by atoms with Gasteiger partial charge in [0.2, 0.25) is 10.0 Å². The number of carboxylic acids is 1. The van der Waals surface area contributed by atoms with Crippen LogP contribution in [0.1, 0.15) is 21.5 Å². The van der Waals surface area contributed by atoms with Crippen molar-refractivity contribution in [2.45, 2.75) is 18.7 Å². The van der Waals surface area contributed by atoms with Crippen molar-refractivity contribution in [2.75, 3.05) is 15.7 Å². The molecule has 0 bridgehead atoms. The van der Waals surface area contributed by atoms with Crippen LogP contribution < -0.4 is 9.44 Å². The first-order chi connectivity index (χ1) is 11.9. The summed E-state index contributed by atoms with van der Waals surface area (Å²) in [4.78, 5) is 11.0. The number of nitrogens with one attached hydrogen (secondary N) is 2. The minimum atomic E-state index is -4.15. The molecule has 0 spiro atoms. The zero-order valence-electron chi connectivity index (χ0n) is 14.3. The van der Waals surface area contributed by atoms with Gasteiger partial charge in [0.1, 0.15) is 0 Å². The SMILES string of the molecule is Cc1cc(C(=O)O)cc(S(=O)(=O)Nc2ccccc2NS(C)(=O)=O)c1C. The van der Waals surface area contributed by atoms with Crippen molar-refractivity contribution in [1.82, 2.24) is 0 Å². The summed E-state index contributed by atoms with van der Waals surface area (Å²) < 4.78 is 53.0. The van der Waals surface area contributed by atoms with E-state index in [2.05, 4.69) is 9.44 Å². The van der Waals surface area contributed by atoms with Crippen molar-refractivity contribution in [3.8, 4) is 0 Å². The summed E-state index contributed by atoms with van der Waals surface area (Å²) >= 11 is 0. The first kappa shape index (κ1) is 19.7. The number of anilines is 2. The third-order valence-corrected chi connectivity index (χ3v) is 5.71. The number of carbonyl (C=O) groups is 1. The maximum atomic E-state index is 12.8. The van der Waals surface area contributed by atoms with E-state index in [1.807, 2.05) is 0 Å². The number of aromatic carboxylic acids is 1. The number of sulfonamides is 2. The topological polar surface area (TPSA) is 130 Å². The van der Waals surface area contributed by atoms with E-state index in [4.69, 9.17) is 5.11 Å². The highest BCUT2D eigenvalue weighted by atomic mass is 32.2. The molecule has 0 amide bonds. The Balaban J connectivity index is 2.53. The molecule has 0 aliphatic carbocycles. The summed E-state index contributed by atoms with van der Waals surface area (Å²) in [5.41, 5.74) is 0.831. The normalized spacial score (nSPS) is 11.8. The molecule has 8 nitrogen and oxygen atoms in total. The van der Waals surface area contributed by atoms with Crippen LogP contribution in [0.15, 0.2) is 41.3 Å². The average molecular weight is 398 g/mol. The first-order valence-electron chi connectivity index (χ1n) is 7.35. The summed E-state index contributed by atoms with van der Waals surface area (Å²) in [6.07, 6.45) is 0.947. The number of hydrogen-bond donors (Lipinski definition) is 3. The van der Waals surface area contributed by atoms with Gasteiger partial charge < -0.3 is 5.11 Å². The Bertz CT molecular complexity index is 1080. The number of carboxylic acid groups (broad SMARTS) is 1. The molecule has 3 N–H and O–H groups in total. The van der Waals surface area contributed by atoms with Crippen molar-refractivity contribution in [3.05, 3.63) is 53.1 Å². The average Bonchev–Trinajstić information content (AvgIpc) is 2.49. The Hall–Kier alpha value is -2.59. The second-order valence-electron chi connectivity index (χ2n) is 5.75. The molecule has 0 heterocycles. The summed E-state index contributed by atoms with van der Waals surface area (Å²) in [5, 5.41) is 9.16. The molecule has 10 heteroatoms. The largest absolute Gasteiger partial charge is 0.478 e. The number of rotatable bonds is 6. The van der Waals surface area contributed by atoms with Crippen LogP contribution in [0.3, 0.4) is 0 Å². The van der Waals surface area contributed by atoms with Gasteiger partial charge in [0.05, 0.1) is 28.1 Å². The Morgan fingerprint density at radius 2 is 1.50 bits per heavy atom. The zero-order valence-corrected chi connectivity index (χ0v) is 15.9. The Labute approximate surface area is 152 Å².